The third-order valence-corrected chi connectivity index (χ3v) is 3.70. The predicted octanol–water partition coefficient (Wildman–Crippen LogP) is 4.26. The van der Waals surface area contributed by atoms with Crippen LogP contribution in [-0.4, -0.2) is 12.9 Å². The lowest BCUT2D eigenvalue weighted by molar-refractivity contribution is -0.110. The van der Waals surface area contributed by atoms with Crippen LogP contribution in [0.3, 0.4) is 0 Å². The fourth-order valence-electron chi connectivity index (χ4n) is 2.14. The first-order chi connectivity index (χ1) is 9.70. The van der Waals surface area contributed by atoms with Gasteiger partial charge in [-0.05, 0) is 35.7 Å². The standard InChI is InChI=1S/C17H17BrO2/c1-13-9-16(18)7-8-17(13)15(10-19)12-20-11-14-5-3-2-4-6-14/h2-10,15H,11-12H2,1H3. The number of aldehydes is 1. The third-order valence-electron chi connectivity index (χ3n) is 3.20. The summed E-state index contributed by atoms with van der Waals surface area (Å²) in [5.41, 5.74) is 3.24. The fraction of sp³-hybridized carbons (Fsp3) is 0.235. The molecule has 0 spiro atoms. The summed E-state index contributed by atoms with van der Waals surface area (Å²) in [5, 5.41) is 0. The lowest BCUT2D eigenvalue weighted by atomic mass is 9.97. The van der Waals surface area contributed by atoms with Crippen molar-refractivity contribution in [3.8, 4) is 0 Å². The van der Waals surface area contributed by atoms with E-state index >= 15 is 0 Å². The first kappa shape index (κ1) is 14.9. The molecule has 1 unspecified atom stereocenters. The van der Waals surface area contributed by atoms with E-state index in [0.717, 1.165) is 27.4 Å². The molecule has 104 valence electrons. The van der Waals surface area contributed by atoms with Crippen LogP contribution in [0.2, 0.25) is 0 Å². The number of hydrogen-bond donors (Lipinski definition) is 0. The summed E-state index contributed by atoms with van der Waals surface area (Å²) in [6.07, 6.45) is 0.960. The molecule has 0 aromatic heterocycles. The zero-order valence-corrected chi connectivity index (χ0v) is 13.0. The summed E-state index contributed by atoms with van der Waals surface area (Å²) < 4.78 is 6.69. The second-order valence-electron chi connectivity index (χ2n) is 4.74. The molecule has 0 bridgehead atoms. The van der Waals surface area contributed by atoms with Crippen molar-refractivity contribution in [3.05, 3.63) is 69.7 Å². The van der Waals surface area contributed by atoms with E-state index in [0.29, 0.717) is 13.2 Å². The lowest BCUT2D eigenvalue weighted by Gasteiger charge is -2.14. The van der Waals surface area contributed by atoms with Gasteiger partial charge in [0.1, 0.15) is 6.29 Å². The predicted molar refractivity (Wildman–Crippen MR) is 83.8 cm³/mol. The van der Waals surface area contributed by atoms with Crippen molar-refractivity contribution < 1.29 is 9.53 Å². The van der Waals surface area contributed by atoms with E-state index in [1.807, 2.05) is 55.5 Å². The van der Waals surface area contributed by atoms with E-state index in [1.165, 1.54) is 0 Å². The summed E-state index contributed by atoms with van der Waals surface area (Å²) in [4.78, 5) is 11.3. The van der Waals surface area contributed by atoms with Gasteiger partial charge in [-0.2, -0.15) is 0 Å². The molecule has 0 radical (unpaired) electrons. The number of carbonyl (C=O) groups is 1. The van der Waals surface area contributed by atoms with Gasteiger partial charge in [0.2, 0.25) is 0 Å². The van der Waals surface area contributed by atoms with Crippen molar-refractivity contribution in [1.82, 2.24) is 0 Å². The Morgan fingerprint density at radius 3 is 2.60 bits per heavy atom. The van der Waals surface area contributed by atoms with E-state index < -0.39 is 0 Å². The average molecular weight is 333 g/mol. The third kappa shape index (κ3) is 4.02. The van der Waals surface area contributed by atoms with E-state index in [1.54, 1.807) is 0 Å². The van der Waals surface area contributed by atoms with Gasteiger partial charge < -0.3 is 9.53 Å². The summed E-state index contributed by atoms with van der Waals surface area (Å²) in [6, 6.07) is 15.9. The molecule has 0 saturated heterocycles. The summed E-state index contributed by atoms with van der Waals surface area (Å²) in [7, 11) is 0. The van der Waals surface area contributed by atoms with E-state index in [2.05, 4.69) is 15.9 Å². The Morgan fingerprint density at radius 1 is 1.20 bits per heavy atom. The first-order valence-corrected chi connectivity index (χ1v) is 7.33. The molecule has 0 aliphatic rings. The molecule has 2 nitrogen and oxygen atoms in total. The molecule has 0 aliphatic heterocycles. The summed E-state index contributed by atoms with van der Waals surface area (Å²) in [5.74, 6) is -0.216. The largest absolute Gasteiger partial charge is 0.376 e. The van der Waals surface area contributed by atoms with Crippen LogP contribution in [-0.2, 0) is 16.1 Å². The Bertz CT molecular complexity index is 566. The van der Waals surface area contributed by atoms with Crippen molar-refractivity contribution in [2.75, 3.05) is 6.61 Å². The molecule has 20 heavy (non-hydrogen) atoms. The maximum absolute atomic E-state index is 11.3. The zero-order chi connectivity index (χ0) is 14.4. The SMILES string of the molecule is Cc1cc(Br)ccc1C(C=O)COCc1ccccc1. The molecule has 0 aliphatic carbocycles. The van der Waals surface area contributed by atoms with Crippen LogP contribution in [0.25, 0.3) is 0 Å². The monoisotopic (exact) mass is 332 g/mol. The Hall–Kier alpha value is -1.45. The van der Waals surface area contributed by atoms with Gasteiger partial charge in [-0.1, -0.05) is 52.3 Å². The number of ether oxygens (including phenoxy) is 1. The number of rotatable bonds is 6. The van der Waals surface area contributed by atoms with Crippen LogP contribution >= 0.6 is 15.9 Å². The fourth-order valence-corrected chi connectivity index (χ4v) is 2.61. The molecule has 3 heteroatoms. The van der Waals surface area contributed by atoms with Crippen molar-refractivity contribution in [1.29, 1.82) is 0 Å². The Kier molecular flexibility index (Phi) is 5.50. The van der Waals surface area contributed by atoms with Gasteiger partial charge in [-0.3, -0.25) is 0 Å². The van der Waals surface area contributed by atoms with Crippen molar-refractivity contribution in [2.24, 2.45) is 0 Å². The molecular weight excluding hydrogens is 316 g/mol. The van der Waals surface area contributed by atoms with Crippen LogP contribution < -0.4 is 0 Å². The minimum Gasteiger partial charge on any atom is -0.376 e. The van der Waals surface area contributed by atoms with Gasteiger partial charge >= 0.3 is 0 Å². The quantitative estimate of drug-likeness (QED) is 0.739. The molecule has 1 atom stereocenters. The van der Waals surface area contributed by atoms with Crippen LogP contribution in [0.4, 0.5) is 0 Å². The zero-order valence-electron chi connectivity index (χ0n) is 11.4. The average Bonchev–Trinajstić information content (AvgIpc) is 2.46. The van der Waals surface area contributed by atoms with Gasteiger partial charge in [-0.25, -0.2) is 0 Å². The van der Waals surface area contributed by atoms with Crippen molar-refractivity contribution in [2.45, 2.75) is 19.4 Å². The topological polar surface area (TPSA) is 26.3 Å². The lowest BCUT2D eigenvalue weighted by Crippen LogP contribution is -2.10. The molecular formula is C17H17BrO2. The molecule has 2 rings (SSSR count). The highest BCUT2D eigenvalue weighted by Crippen LogP contribution is 2.22. The van der Waals surface area contributed by atoms with Gasteiger partial charge in [0.15, 0.2) is 0 Å². The van der Waals surface area contributed by atoms with E-state index in [9.17, 15) is 4.79 Å². The molecule has 0 fully saturated rings. The maximum Gasteiger partial charge on any atom is 0.129 e. The highest BCUT2D eigenvalue weighted by Gasteiger charge is 2.13. The van der Waals surface area contributed by atoms with Gasteiger partial charge in [0, 0.05) is 4.47 Å². The molecule has 0 saturated carbocycles. The number of hydrogen-bond acceptors (Lipinski definition) is 2. The highest BCUT2D eigenvalue weighted by atomic mass is 79.9. The maximum atomic E-state index is 11.3. The number of carbonyl (C=O) groups excluding carboxylic acids is 1. The molecule has 2 aromatic rings. The first-order valence-electron chi connectivity index (χ1n) is 6.53. The normalized spacial score (nSPS) is 12.1. The number of aryl methyl sites for hydroxylation is 1. The van der Waals surface area contributed by atoms with Gasteiger partial charge in [0.25, 0.3) is 0 Å². The van der Waals surface area contributed by atoms with Crippen LogP contribution in [0, 0.1) is 6.92 Å². The van der Waals surface area contributed by atoms with Crippen LogP contribution in [0.15, 0.2) is 53.0 Å². The second-order valence-corrected chi connectivity index (χ2v) is 5.66. The van der Waals surface area contributed by atoms with Crippen molar-refractivity contribution >= 4 is 22.2 Å². The molecule has 0 heterocycles. The van der Waals surface area contributed by atoms with E-state index in [-0.39, 0.29) is 5.92 Å². The summed E-state index contributed by atoms with van der Waals surface area (Å²) in [6.45, 7) is 2.94. The summed E-state index contributed by atoms with van der Waals surface area (Å²) >= 11 is 3.43. The van der Waals surface area contributed by atoms with Crippen LogP contribution in [0.5, 0.6) is 0 Å². The Balaban J connectivity index is 1.97. The van der Waals surface area contributed by atoms with Crippen LogP contribution in [0.1, 0.15) is 22.6 Å². The highest BCUT2D eigenvalue weighted by molar-refractivity contribution is 9.10. The number of benzene rings is 2. The Labute approximate surface area is 127 Å². The van der Waals surface area contributed by atoms with Gasteiger partial charge in [0.05, 0.1) is 19.1 Å². The minimum absolute atomic E-state index is 0.216. The van der Waals surface area contributed by atoms with E-state index in [4.69, 9.17) is 4.74 Å². The number of halogens is 1. The molecule has 0 N–H and O–H groups in total. The van der Waals surface area contributed by atoms with Gasteiger partial charge in [-0.15, -0.1) is 0 Å². The van der Waals surface area contributed by atoms with Crippen molar-refractivity contribution in [3.63, 3.8) is 0 Å². The second kappa shape index (κ2) is 7.36. The smallest absolute Gasteiger partial charge is 0.129 e. The Morgan fingerprint density at radius 2 is 1.95 bits per heavy atom. The molecule has 2 aromatic carbocycles. The minimum atomic E-state index is -0.216. The molecule has 0 amide bonds.